The Hall–Kier alpha value is -3.25. The van der Waals surface area contributed by atoms with Gasteiger partial charge in [0.05, 0.1) is 23.9 Å². The molecule has 0 saturated heterocycles. The van der Waals surface area contributed by atoms with Crippen molar-refractivity contribution in [2.75, 3.05) is 5.43 Å². The van der Waals surface area contributed by atoms with E-state index in [1.54, 1.807) is 18.7 Å². The Morgan fingerprint density at radius 1 is 1.04 bits per heavy atom. The molecule has 6 heteroatoms. The fourth-order valence-electron chi connectivity index (χ4n) is 2.46. The molecule has 0 saturated carbocycles. The van der Waals surface area contributed by atoms with Gasteiger partial charge in [0, 0.05) is 28.9 Å². The maximum Gasteiger partial charge on any atom is 0.203 e. The lowest BCUT2D eigenvalue weighted by atomic mass is 10.2. The molecule has 2 heterocycles. The lowest BCUT2D eigenvalue weighted by Crippen LogP contribution is -1.97. The molecule has 5 nitrogen and oxygen atoms in total. The van der Waals surface area contributed by atoms with Crippen LogP contribution in [0.4, 0.5) is 5.13 Å². The Kier molecular flexibility index (Phi) is 4.35. The fraction of sp³-hybridized carbons (Fsp3) is 0. The normalized spacial score (nSPS) is 11.0. The van der Waals surface area contributed by atoms with Crippen molar-refractivity contribution in [3.63, 3.8) is 0 Å². The third kappa shape index (κ3) is 3.49. The lowest BCUT2D eigenvalue weighted by Gasteiger charge is -2.05. The van der Waals surface area contributed by atoms with Crippen molar-refractivity contribution in [2.24, 2.45) is 5.10 Å². The molecule has 1 N–H and O–H groups in total. The number of nitrogens with zero attached hydrogens (tertiary/aromatic N) is 4. The highest BCUT2D eigenvalue weighted by Crippen LogP contribution is 2.24. The van der Waals surface area contributed by atoms with Crippen molar-refractivity contribution in [3.8, 4) is 16.9 Å². The maximum atomic E-state index is 4.56. The molecule has 25 heavy (non-hydrogen) atoms. The first kappa shape index (κ1) is 15.3. The van der Waals surface area contributed by atoms with Gasteiger partial charge in [-0.25, -0.2) is 9.97 Å². The van der Waals surface area contributed by atoms with Gasteiger partial charge in [0.25, 0.3) is 0 Å². The van der Waals surface area contributed by atoms with Crippen molar-refractivity contribution in [2.45, 2.75) is 0 Å². The van der Waals surface area contributed by atoms with E-state index >= 15 is 0 Å². The molecule has 0 radical (unpaired) electrons. The number of hydrogen-bond donors (Lipinski definition) is 1. The van der Waals surface area contributed by atoms with Crippen molar-refractivity contribution < 1.29 is 0 Å². The summed E-state index contributed by atoms with van der Waals surface area (Å²) in [5.74, 6) is 0. The van der Waals surface area contributed by atoms with Crippen LogP contribution in [0.1, 0.15) is 5.56 Å². The number of aromatic nitrogens is 3. The summed E-state index contributed by atoms with van der Waals surface area (Å²) in [5.41, 5.74) is 7.07. The third-order valence-electron chi connectivity index (χ3n) is 3.66. The first-order valence-electron chi connectivity index (χ1n) is 7.77. The highest BCUT2D eigenvalue weighted by molar-refractivity contribution is 7.14. The summed E-state index contributed by atoms with van der Waals surface area (Å²) in [7, 11) is 0. The number of nitrogens with one attached hydrogen (secondary N) is 1. The molecule has 0 aliphatic rings. The zero-order chi connectivity index (χ0) is 16.9. The van der Waals surface area contributed by atoms with E-state index in [2.05, 4.69) is 20.5 Å². The summed E-state index contributed by atoms with van der Waals surface area (Å²) in [6.07, 6.45) is 7.23. The smallest absolute Gasteiger partial charge is 0.203 e. The molecule has 0 fully saturated rings. The largest absolute Gasteiger partial charge is 0.306 e. The molecule has 0 amide bonds. The van der Waals surface area contributed by atoms with Gasteiger partial charge in [0.15, 0.2) is 0 Å². The molecular weight excluding hydrogens is 330 g/mol. The molecule has 122 valence electrons. The first-order chi connectivity index (χ1) is 12.4. The Labute approximate surface area is 149 Å². The van der Waals surface area contributed by atoms with Crippen molar-refractivity contribution in [1.29, 1.82) is 0 Å². The van der Waals surface area contributed by atoms with Crippen molar-refractivity contribution in [3.05, 3.63) is 84.3 Å². The summed E-state index contributed by atoms with van der Waals surface area (Å²) in [6.45, 7) is 0. The van der Waals surface area contributed by atoms with E-state index in [1.807, 2.05) is 70.7 Å². The highest BCUT2D eigenvalue weighted by Gasteiger charge is 2.04. The van der Waals surface area contributed by atoms with E-state index in [4.69, 9.17) is 0 Å². The molecule has 2 aromatic heterocycles. The van der Waals surface area contributed by atoms with Gasteiger partial charge in [-0.1, -0.05) is 48.5 Å². The van der Waals surface area contributed by atoms with Gasteiger partial charge in [-0.2, -0.15) is 5.10 Å². The number of hydrazone groups is 1. The molecule has 0 spiro atoms. The monoisotopic (exact) mass is 345 g/mol. The van der Waals surface area contributed by atoms with Gasteiger partial charge in [0.1, 0.15) is 0 Å². The lowest BCUT2D eigenvalue weighted by molar-refractivity contribution is 1.05. The first-order valence-corrected chi connectivity index (χ1v) is 8.65. The van der Waals surface area contributed by atoms with Gasteiger partial charge in [0.2, 0.25) is 5.13 Å². The van der Waals surface area contributed by atoms with Gasteiger partial charge in [-0.05, 0) is 6.07 Å². The SMILES string of the molecule is C(=NNc1nc(-c2ccccc2)cs1)c1ccccc1-n1ccnc1. The second-order valence-electron chi connectivity index (χ2n) is 5.30. The van der Waals surface area contributed by atoms with Crippen LogP contribution in [0.2, 0.25) is 0 Å². The zero-order valence-electron chi connectivity index (χ0n) is 13.3. The summed E-state index contributed by atoms with van der Waals surface area (Å²) < 4.78 is 1.96. The standard InChI is InChI=1S/C19H15N5S/c1-2-6-15(7-3-1)17-13-25-19(22-17)23-21-12-16-8-4-5-9-18(16)24-11-10-20-14-24/h1-14H,(H,22,23). The minimum Gasteiger partial charge on any atom is -0.306 e. The van der Waals surface area contributed by atoms with Gasteiger partial charge >= 0.3 is 0 Å². The predicted molar refractivity (Wildman–Crippen MR) is 102 cm³/mol. The number of benzene rings is 2. The summed E-state index contributed by atoms with van der Waals surface area (Å²) in [4.78, 5) is 8.66. The predicted octanol–water partition coefficient (Wildman–Crippen LogP) is 4.44. The van der Waals surface area contributed by atoms with Crippen LogP contribution < -0.4 is 5.43 Å². The topological polar surface area (TPSA) is 55.1 Å². The van der Waals surface area contributed by atoms with Gasteiger partial charge in [-0.15, -0.1) is 11.3 Å². The van der Waals surface area contributed by atoms with Crippen LogP contribution in [-0.4, -0.2) is 20.7 Å². The average molecular weight is 345 g/mol. The van der Waals surface area contributed by atoms with Crippen LogP contribution in [0.15, 0.2) is 83.8 Å². The molecule has 0 aliphatic heterocycles. The van der Waals surface area contributed by atoms with Crippen LogP contribution in [0.5, 0.6) is 0 Å². The van der Waals surface area contributed by atoms with E-state index < -0.39 is 0 Å². The molecular formula is C19H15N5S. The molecule has 0 aliphatic carbocycles. The van der Waals surface area contributed by atoms with E-state index in [1.165, 1.54) is 11.3 Å². The summed E-state index contributed by atoms with van der Waals surface area (Å²) >= 11 is 1.53. The molecule has 4 aromatic rings. The van der Waals surface area contributed by atoms with Crippen molar-refractivity contribution in [1.82, 2.24) is 14.5 Å². The van der Waals surface area contributed by atoms with Crippen LogP contribution in [0, 0.1) is 0 Å². The number of thiazole rings is 1. The molecule has 0 bridgehead atoms. The van der Waals surface area contributed by atoms with E-state index in [-0.39, 0.29) is 0 Å². The fourth-order valence-corrected chi connectivity index (χ4v) is 3.13. The van der Waals surface area contributed by atoms with Crippen LogP contribution in [-0.2, 0) is 0 Å². The summed E-state index contributed by atoms with van der Waals surface area (Å²) in [5, 5.41) is 7.11. The minimum absolute atomic E-state index is 0.759. The quantitative estimate of drug-likeness (QED) is 0.430. The minimum atomic E-state index is 0.759. The van der Waals surface area contributed by atoms with Gasteiger partial charge < -0.3 is 4.57 Å². The van der Waals surface area contributed by atoms with Crippen LogP contribution >= 0.6 is 11.3 Å². The Balaban J connectivity index is 1.50. The number of rotatable bonds is 5. The van der Waals surface area contributed by atoms with Gasteiger partial charge in [-0.3, -0.25) is 5.43 Å². The number of hydrogen-bond acceptors (Lipinski definition) is 5. The summed E-state index contributed by atoms with van der Waals surface area (Å²) in [6, 6.07) is 18.1. The molecule has 2 aromatic carbocycles. The average Bonchev–Trinajstić information content (AvgIpc) is 3.35. The maximum absolute atomic E-state index is 4.56. The van der Waals surface area contributed by atoms with Crippen molar-refractivity contribution >= 4 is 22.7 Å². The molecule has 0 atom stereocenters. The molecule has 0 unspecified atom stereocenters. The number of anilines is 1. The van der Waals surface area contributed by atoms with Crippen LogP contribution in [0.3, 0.4) is 0 Å². The van der Waals surface area contributed by atoms with E-state index in [0.717, 1.165) is 27.6 Å². The third-order valence-corrected chi connectivity index (χ3v) is 4.40. The van der Waals surface area contributed by atoms with E-state index in [0.29, 0.717) is 0 Å². The van der Waals surface area contributed by atoms with E-state index in [9.17, 15) is 0 Å². The Bertz CT molecular complexity index is 974. The second-order valence-corrected chi connectivity index (χ2v) is 6.16. The Morgan fingerprint density at radius 2 is 1.88 bits per heavy atom. The number of imidazole rings is 1. The molecule has 4 rings (SSSR count). The van der Waals surface area contributed by atoms with Crippen LogP contribution in [0.25, 0.3) is 16.9 Å². The zero-order valence-corrected chi connectivity index (χ0v) is 14.1. The second kappa shape index (κ2) is 7.11. The Morgan fingerprint density at radius 3 is 2.72 bits per heavy atom. The highest BCUT2D eigenvalue weighted by atomic mass is 32.1. The number of para-hydroxylation sites is 1.